The molecule has 4 aromatic carbocycles. The Morgan fingerprint density at radius 3 is 2.11 bits per heavy atom. The molecule has 0 saturated carbocycles. The number of fused-ring (bicyclic) bond motifs is 1. The highest BCUT2D eigenvalue weighted by molar-refractivity contribution is 6.34. The standard InChI is InChI=1S/C37H38N2O6/c1-23-32(21-38(3)24(2)33(41)26-10-5-4-6-11-26)44-37(45-34(23)27-18-16-25(22-40)17-19-27)28-12-9-13-29(20-28)39-35(42)30-14-7-8-15-31(30)36(39)43/h4-20,23-24,32-34,37,40-41H,21-22H2,1-3H3/t23-,24+,32+,33+,34+,37+/m0/s1. The van der Waals surface area contributed by atoms with Crippen LogP contribution in [-0.2, 0) is 16.1 Å². The summed E-state index contributed by atoms with van der Waals surface area (Å²) in [4.78, 5) is 29.7. The highest BCUT2D eigenvalue weighted by Gasteiger charge is 2.41. The van der Waals surface area contributed by atoms with Gasteiger partial charge in [-0.25, -0.2) is 4.90 Å². The molecule has 8 nitrogen and oxygen atoms in total. The predicted molar refractivity (Wildman–Crippen MR) is 170 cm³/mol. The Balaban J connectivity index is 1.28. The van der Waals surface area contributed by atoms with Gasteiger partial charge in [0.25, 0.3) is 11.8 Å². The van der Waals surface area contributed by atoms with E-state index in [9.17, 15) is 19.8 Å². The van der Waals surface area contributed by atoms with Crippen LogP contribution in [-0.4, -0.2) is 52.7 Å². The molecule has 2 heterocycles. The van der Waals surface area contributed by atoms with Crippen molar-refractivity contribution in [1.29, 1.82) is 0 Å². The largest absolute Gasteiger partial charge is 0.392 e. The van der Waals surface area contributed by atoms with Gasteiger partial charge in [0.05, 0.1) is 41.7 Å². The second-order valence-electron chi connectivity index (χ2n) is 11.9. The zero-order valence-corrected chi connectivity index (χ0v) is 25.6. The molecule has 0 unspecified atom stereocenters. The summed E-state index contributed by atoms with van der Waals surface area (Å²) in [5.41, 5.74) is 4.50. The Bertz CT molecular complexity index is 1620. The molecule has 232 valence electrons. The lowest BCUT2D eigenvalue weighted by Gasteiger charge is -2.43. The van der Waals surface area contributed by atoms with Crippen molar-refractivity contribution in [2.45, 2.75) is 51.1 Å². The van der Waals surface area contributed by atoms with E-state index in [0.717, 1.165) is 16.7 Å². The van der Waals surface area contributed by atoms with E-state index in [0.29, 0.717) is 28.9 Å². The molecule has 45 heavy (non-hydrogen) atoms. The van der Waals surface area contributed by atoms with E-state index in [-0.39, 0.29) is 42.6 Å². The number of benzene rings is 4. The number of rotatable bonds is 9. The maximum absolute atomic E-state index is 13.2. The first-order valence-electron chi connectivity index (χ1n) is 15.3. The molecule has 2 amide bonds. The number of likely N-dealkylation sites (N-methyl/N-ethyl adjacent to an activating group) is 1. The number of aliphatic hydroxyl groups excluding tert-OH is 2. The van der Waals surface area contributed by atoms with Crippen LogP contribution in [0, 0.1) is 5.92 Å². The smallest absolute Gasteiger partial charge is 0.266 e. The van der Waals surface area contributed by atoms with Gasteiger partial charge < -0.3 is 19.7 Å². The molecular formula is C37H38N2O6. The number of carbonyl (C=O) groups is 2. The zero-order chi connectivity index (χ0) is 31.7. The third kappa shape index (κ3) is 6.08. The summed E-state index contributed by atoms with van der Waals surface area (Å²) in [5.74, 6) is -0.789. The van der Waals surface area contributed by atoms with Crippen LogP contribution in [0.15, 0.2) is 103 Å². The van der Waals surface area contributed by atoms with Crippen molar-refractivity contribution in [2.24, 2.45) is 5.92 Å². The van der Waals surface area contributed by atoms with Crippen molar-refractivity contribution in [3.05, 3.63) is 137 Å². The molecule has 0 radical (unpaired) electrons. The highest BCUT2D eigenvalue weighted by Crippen LogP contribution is 2.43. The summed E-state index contributed by atoms with van der Waals surface area (Å²) in [7, 11) is 1.98. The maximum atomic E-state index is 13.2. The number of aliphatic hydroxyl groups is 2. The van der Waals surface area contributed by atoms with Crippen LogP contribution in [0.1, 0.15) is 75.3 Å². The Hall–Kier alpha value is -4.18. The quantitative estimate of drug-likeness (QED) is 0.232. The number of hydrogen-bond donors (Lipinski definition) is 2. The predicted octanol–water partition coefficient (Wildman–Crippen LogP) is 5.82. The fourth-order valence-corrected chi connectivity index (χ4v) is 6.18. The van der Waals surface area contributed by atoms with Crippen molar-refractivity contribution in [1.82, 2.24) is 4.90 Å². The summed E-state index contributed by atoms with van der Waals surface area (Å²) in [6, 6.07) is 31.1. The maximum Gasteiger partial charge on any atom is 0.266 e. The van der Waals surface area contributed by atoms with Crippen LogP contribution in [0.3, 0.4) is 0 Å². The number of carbonyl (C=O) groups excluding carboxylic acids is 2. The topological polar surface area (TPSA) is 99.5 Å². The lowest BCUT2D eigenvalue weighted by molar-refractivity contribution is -0.276. The van der Waals surface area contributed by atoms with Crippen molar-refractivity contribution < 1.29 is 29.3 Å². The fraction of sp³-hybridized carbons (Fsp3) is 0.297. The number of amides is 2. The van der Waals surface area contributed by atoms with Crippen LogP contribution < -0.4 is 4.90 Å². The van der Waals surface area contributed by atoms with Crippen LogP contribution in [0.2, 0.25) is 0 Å². The first kappa shape index (κ1) is 30.8. The number of nitrogens with zero attached hydrogens (tertiary/aromatic N) is 2. The summed E-state index contributed by atoms with van der Waals surface area (Å²) in [5, 5.41) is 20.7. The van der Waals surface area contributed by atoms with Crippen molar-refractivity contribution in [3.8, 4) is 0 Å². The van der Waals surface area contributed by atoms with Crippen molar-refractivity contribution in [3.63, 3.8) is 0 Å². The number of imide groups is 1. The molecule has 0 aliphatic carbocycles. The van der Waals surface area contributed by atoms with E-state index in [2.05, 4.69) is 11.8 Å². The first-order chi connectivity index (χ1) is 21.8. The average molecular weight is 607 g/mol. The molecule has 8 heteroatoms. The van der Waals surface area contributed by atoms with Gasteiger partial charge in [-0.1, -0.05) is 85.8 Å². The Morgan fingerprint density at radius 2 is 1.47 bits per heavy atom. The minimum Gasteiger partial charge on any atom is -0.392 e. The molecule has 0 aromatic heterocycles. The van der Waals surface area contributed by atoms with E-state index in [1.807, 2.05) is 74.6 Å². The normalized spacial score (nSPS) is 22.8. The van der Waals surface area contributed by atoms with Gasteiger partial charge >= 0.3 is 0 Å². The van der Waals surface area contributed by atoms with Crippen LogP contribution in [0.4, 0.5) is 5.69 Å². The van der Waals surface area contributed by atoms with Crippen LogP contribution >= 0.6 is 0 Å². The van der Waals surface area contributed by atoms with Gasteiger partial charge in [-0.15, -0.1) is 0 Å². The molecule has 4 aromatic rings. The third-order valence-electron chi connectivity index (χ3n) is 9.08. The van der Waals surface area contributed by atoms with Crippen molar-refractivity contribution in [2.75, 3.05) is 18.5 Å². The second-order valence-corrected chi connectivity index (χ2v) is 11.9. The van der Waals surface area contributed by atoms with Crippen LogP contribution in [0.5, 0.6) is 0 Å². The summed E-state index contributed by atoms with van der Waals surface area (Å²) >= 11 is 0. The Labute approximate surface area is 263 Å². The van der Waals surface area contributed by atoms with Crippen LogP contribution in [0.25, 0.3) is 0 Å². The van der Waals surface area contributed by atoms with E-state index < -0.39 is 12.4 Å². The zero-order valence-electron chi connectivity index (χ0n) is 25.6. The van der Waals surface area contributed by atoms with Gasteiger partial charge in [0.2, 0.25) is 0 Å². The van der Waals surface area contributed by atoms with Crippen molar-refractivity contribution >= 4 is 17.5 Å². The molecule has 1 saturated heterocycles. The van der Waals surface area contributed by atoms with E-state index in [1.165, 1.54) is 4.90 Å². The Kier molecular flexibility index (Phi) is 8.94. The molecule has 1 fully saturated rings. The van der Waals surface area contributed by atoms with E-state index >= 15 is 0 Å². The molecule has 2 aliphatic rings. The number of hydrogen-bond acceptors (Lipinski definition) is 7. The van der Waals surface area contributed by atoms with Gasteiger partial charge in [-0.3, -0.25) is 14.5 Å². The minimum absolute atomic E-state index is 0.0489. The van der Waals surface area contributed by atoms with E-state index in [4.69, 9.17) is 9.47 Å². The minimum atomic E-state index is -0.786. The number of anilines is 1. The van der Waals surface area contributed by atoms with Gasteiger partial charge in [0.15, 0.2) is 6.29 Å². The number of ether oxygens (including phenoxy) is 2. The summed E-state index contributed by atoms with van der Waals surface area (Å²) < 4.78 is 13.3. The third-order valence-corrected chi connectivity index (χ3v) is 9.08. The fourth-order valence-electron chi connectivity index (χ4n) is 6.18. The van der Waals surface area contributed by atoms with Gasteiger partial charge in [-0.2, -0.15) is 0 Å². The SMILES string of the molecule is C[C@H]1[C@@H](CN(C)[C@H](C)[C@@H](O)c2ccccc2)O[C@@H](c2cccc(N3C(=O)c4ccccc4C3=O)c2)O[C@H]1c1ccc(CO)cc1. The Morgan fingerprint density at radius 1 is 0.822 bits per heavy atom. The summed E-state index contributed by atoms with van der Waals surface area (Å²) in [6.07, 6.45) is -2.09. The molecule has 0 spiro atoms. The molecular weight excluding hydrogens is 568 g/mol. The lowest BCUT2D eigenvalue weighted by Crippen LogP contribution is -2.46. The van der Waals surface area contributed by atoms with Gasteiger partial charge in [0, 0.05) is 24.1 Å². The summed E-state index contributed by atoms with van der Waals surface area (Å²) in [6.45, 7) is 4.56. The van der Waals surface area contributed by atoms with Gasteiger partial charge in [-0.05, 0) is 54.9 Å². The second kappa shape index (κ2) is 13.0. The lowest BCUT2D eigenvalue weighted by atomic mass is 9.89. The monoisotopic (exact) mass is 606 g/mol. The first-order valence-corrected chi connectivity index (χ1v) is 15.3. The highest BCUT2D eigenvalue weighted by atomic mass is 16.7. The molecule has 2 aliphatic heterocycles. The van der Waals surface area contributed by atoms with Gasteiger partial charge in [0.1, 0.15) is 0 Å². The molecule has 6 atom stereocenters. The van der Waals surface area contributed by atoms with E-state index in [1.54, 1.807) is 42.5 Å². The molecule has 2 N–H and O–H groups in total. The molecule has 6 rings (SSSR count). The molecule has 0 bridgehead atoms. The average Bonchev–Trinajstić information content (AvgIpc) is 3.34.